The summed E-state index contributed by atoms with van der Waals surface area (Å²) in [5.74, 6) is 0. The molecule has 17 heavy (non-hydrogen) atoms. The summed E-state index contributed by atoms with van der Waals surface area (Å²) in [6.45, 7) is 0. The van der Waals surface area contributed by atoms with Gasteiger partial charge in [-0.05, 0) is 5.56 Å². The van der Waals surface area contributed by atoms with E-state index in [1.54, 1.807) is 0 Å². The van der Waals surface area contributed by atoms with Crippen LogP contribution in [-0.2, 0) is 0 Å². The third kappa shape index (κ3) is 2.62. The molecule has 0 saturated carbocycles. The normalized spacial score (nSPS) is 19.8. The zero-order valence-corrected chi connectivity index (χ0v) is 12.3. The lowest BCUT2D eigenvalue weighted by atomic mass is 9.96. The van der Waals surface area contributed by atoms with Crippen LogP contribution in [-0.4, -0.2) is 4.33 Å². The summed E-state index contributed by atoms with van der Waals surface area (Å²) in [6, 6.07) is 9.41. The van der Waals surface area contributed by atoms with Crippen molar-refractivity contribution in [1.29, 1.82) is 0 Å². The molecule has 0 spiro atoms. The van der Waals surface area contributed by atoms with Gasteiger partial charge in [-0.1, -0.05) is 88.3 Å². The van der Waals surface area contributed by atoms with Gasteiger partial charge in [-0.25, -0.2) is 0 Å². The monoisotopic (exact) mass is 326 g/mol. The standard InChI is InChI=1S/C12H7Cl5/c13-8-6-12(16,17)9(11(15)10(8)14)7-4-2-1-3-5-7/h1-5H,6H2. The van der Waals surface area contributed by atoms with E-state index in [2.05, 4.69) is 0 Å². The molecule has 0 bridgehead atoms. The molecule has 0 unspecified atom stereocenters. The summed E-state index contributed by atoms with van der Waals surface area (Å²) in [4.78, 5) is 0. The molecule has 0 heterocycles. The summed E-state index contributed by atoms with van der Waals surface area (Å²) < 4.78 is -1.16. The number of rotatable bonds is 1. The number of alkyl halides is 2. The first kappa shape index (κ1) is 13.6. The Morgan fingerprint density at radius 1 is 0.882 bits per heavy atom. The summed E-state index contributed by atoms with van der Waals surface area (Å²) in [6.07, 6.45) is 0.247. The van der Waals surface area contributed by atoms with E-state index in [9.17, 15) is 0 Å². The molecule has 0 nitrogen and oxygen atoms in total. The van der Waals surface area contributed by atoms with E-state index in [-0.39, 0.29) is 6.42 Å². The molecule has 2 rings (SSSR count). The molecule has 0 aromatic heterocycles. The van der Waals surface area contributed by atoms with E-state index in [4.69, 9.17) is 58.0 Å². The zero-order valence-electron chi connectivity index (χ0n) is 8.48. The second-order valence-corrected chi connectivity index (χ2v) is 6.35. The van der Waals surface area contributed by atoms with Gasteiger partial charge in [0.1, 0.15) is 4.33 Å². The number of hydrogen-bond donors (Lipinski definition) is 0. The molecule has 0 amide bonds. The summed E-state index contributed by atoms with van der Waals surface area (Å²) in [7, 11) is 0. The third-order valence-electron chi connectivity index (χ3n) is 2.46. The predicted molar refractivity (Wildman–Crippen MR) is 77.0 cm³/mol. The van der Waals surface area contributed by atoms with Gasteiger partial charge >= 0.3 is 0 Å². The zero-order chi connectivity index (χ0) is 12.6. The van der Waals surface area contributed by atoms with Crippen molar-refractivity contribution in [1.82, 2.24) is 0 Å². The van der Waals surface area contributed by atoms with Crippen molar-refractivity contribution in [2.24, 2.45) is 0 Å². The second-order valence-electron chi connectivity index (χ2n) is 3.66. The van der Waals surface area contributed by atoms with E-state index in [0.29, 0.717) is 20.7 Å². The number of hydrogen-bond acceptors (Lipinski definition) is 0. The molecule has 90 valence electrons. The van der Waals surface area contributed by atoms with Gasteiger partial charge < -0.3 is 0 Å². The number of allylic oxidation sites excluding steroid dienone is 4. The molecule has 0 N–H and O–H groups in total. The van der Waals surface area contributed by atoms with E-state index >= 15 is 0 Å². The SMILES string of the molecule is ClC1=C(Cl)C(Cl)=C(c2ccccc2)C(Cl)(Cl)C1. The first-order valence-electron chi connectivity index (χ1n) is 4.81. The Bertz CT molecular complexity index is 499. The molecular weight excluding hydrogens is 321 g/mol. The molecule has 5 heteroatoms. The molecular formula is C12H7Cl5. The van der Waals surface area contributed by atoms with E-state index in [1.165, 1.54) is 0 Å². The van der Waals surface area contributed by atoms with Crippen molar-refractivity contribution < 1.29 is 0 Å². The van der Waals surface area contributed by atoms with Crippen LogP contribution in [0.1, 0.15) is 12.0 Å². The van der Waals surface area contributed by atoms with Gasteiger partial charge in [0, 0.05) is 17.0 Å². The van der Waals surface area contributed by atoms with E-state index in [1.807, 2.05) is 30.3 Å². The minimum atomic E-state index is -1.16. The Balaban J connectivity index is 2.64. The Kier molecular flexibility index (Phi) is 4.02. The van der Waals surface area contributed by atoms with Gasteiger partial charge in [0.15, 0.2) is 0 Å². The molecule has 0 aliphatic heterocycles. The van der Waals surface area contributed by atoms with E-state index in [0.717, 1.165) is 5.56 Å². The van der Waals surface area contributed by atoms with Crippen LogP contribution in [0.25, 0.3) is 5.57 Å². The fourth-order valence-electron chi connectivity index (χ4n) is 1.69. The van der Waals surface area contributed by atoms with Crippen LogP contribution in [0.4, 0.5) is 0 Å². The molecule has 1 aliphatic rings. The molecule has 0 atom stereocenters. The highest BCUT2D eigenvalue weighted by atomic mass is 35.5. The predicted octanol–water partition coefficient (Wildman–Crippen LogP) is 5.90. The second kappa shape index (κ2) is 5.03. The molecule has 1 aromatic carbocycles. The van der Waals surface area contributed by atoms with E-state index < -0.39 is 4.33 Å². The highest BCUT2D eigenvalue weighted by molar-refractivity contribution is 6.59. The van der Waals surface area contributed by atoms with Crippen LogP contribution < -0.4 is 0 Å². The van der Waals surface area contributed by atoms with Gasteiger partial charge in [0.25, 0.3) is 0 Å². The van der Waals surface area contributed by atoms with Crippen molar-refractivity contribution in [3.8, 4) is 0 Å². The lowest BCUT2D eigenvalue weighted by Crippen LogP contribution is -2.20. The Hall–Kier alpha value is 0.150. The van der Waals surface area contributed by atoms with Crippen molar-refractivity contribution in [2.45, 2.75) is 10.8 Å². The molecule has 1 aromatic rings. The van der Waals surface area contributed by atoms with Gasteiger partial charge in [0.2, 0.25) is 0 Å². The lowest BCUT2D eigenvalue weighted by Gasteiger charge is -2.29. The quantitative estimate of drug-likeness (QED) is 0.563. The highest BCUT2D eigenvalue weighted by Gasteiger charge is 2.38. The van der Waals surface area contributed by atoms with Gasteiger partial charge in [-0.2, -0.15) is 0 Å². The van der Waals surface area contributed by atoms with Crippen LogP contribution in [0.2, 0.25) is 0 Å². The fourth-order valence-corrected chi connectivity index (χ4v) is 3.49. The smallest absolute Gasteiger partial charge is 0.0958 e. The number of halogens is 5. The molecule has 0 fully saturated rings. The van der Waals surface area contributed by atoms with Gasteiger partial charge in [0.05, 0.1) is 10.1 Å². The summed E-state index contributed by atoms with van der Waals surface area (Å²) in [5.41, 5.74) is 1.43. The van der Waals surface area contributed by atoms with Gasteiger partial charge in [-0.3, -0.25) is 0 Å². The minimum Gasteiger partial charge on any atom is -0.0958 e. The molecule has 0 radical (unpaired) electrons. The number of benzene rings is 1. The average molecular weight is 328 g/mol. The van der Waals surface area contributed by atoms with Crippen molar-refractivity contribution in [3.63, 3.8) is 0 Å². The maximum Gasteiger partial charge on any atom is 0.150 e. The topological polar surface area (TPSA) is 0 Å². The molecule has 0 saturated heterocycles. The molecule has 1 aliphatic carbocycles. The van der Waals surface area contributed by atoms with Gasteiger partial charge in [-0.15, -0.1) is 0 Å². The Labute approximate surface area is 125 Å². The average Bonchev–Trinajstić information content (AvgIpc) is 2.27. The Morgan fingerprint density at radius 3 is 2.06 bits per heavy atom. The van der Waals surface area contributed by atoms with Crippen molar-refractivity contribution >= 4 is 63.6 Å². The van der Waals surface area contributed by atoms with Crippen molar-refractivity contribution in [2.75, 3.05) is 0 Å². The summed E-state index contributed by atoms with van der Waals surface area (Å²) >= 11 is 30.7. The fraction of sp³-hybridized carbons (Fsp3) is 0.167. The summed E-state index contributed by atoms with van der Waals surface area (Å²) in [5, 5.41) is 0.990. The maximum atomic E-state index is 6.27. The van der Waals surface area contributed by atoms with Crippen LogP contribution in [0.15, 0.2) is 45.4 Å². The van der Waals surface area contributed by atoms with Crippen LogP contribution >= 0.6 is 58.0 Å². The maximum absolute atomic E-state index is 6.27. The third-order valence-corrected chi connectivity index (χ3v) is 4.41. The highest BCUT2D eigenvalue weighted by Crippen LogP contribution is 2.52. The van der Waals surface area contributed by atoms with Crippen LogP contribution in [0.3, 0.4) is 0 Å². The largest absolute Gasteiger partial charge is 0.150 e. The van der Waals surface area contributed by atoms with Crippen LogP contribution in [0, 0.1) is 0 Å². The first-order chi connectivity index (χ1) is 7.93. The minimum absolute atomic E-state index is 0.247. The lowest BCUT2D eigenvalue weighted by molar-refractivity contribution is 0.957. The first-order valence-corrected chi connectivity index (χ1v) is 6.70. The Morgan fingerprint density at radius 2 is 1.47 bits per heavy atom. The van der Waals surface area contributed by atoms with Crippen LogP contribution in [0.5, 0.6) is 0 Å². The van der Waals surface area contributed by atoms with Crippen molar-refractivity contribution in [3.05, 3.63) is 51.0 Å².